The van der Waals surface area contributed by atoms with Crippen LogP contribution in [0, 0.1) is 13.8 Å². The standard InChI is InChI=1S/C23H23N3O2/c1-16-8-9-17(2)20(14-16)26-23(28)21-15-19(11-13-24-21)22(27)25-12-10-18-6-4-3-5-7-18/h3-9,11,13-15H,10,12H2,1-2H3,(H,25,27)(H,26,28). The number of amides is 2. The number of benzene rings is 2. The summed E-state index contributed by atoms with van der Waals surface area (Å²) in [5.41, 5.74) is 4.54. The summed E-state index contributed by atoms with van der Waals surface area (Å²) >= 11 is 0. The van der Waals surface area contributed by atoms with Crippen LogP contribution in [0.4, 0.5) is 5.69 Å². The normalized spacial score (nSPS) is 10.4. The van der Waals surface area contributed by atoms with Crippen LogP contribution in [0.15, 0.2) is 66.9 Å². The molecule has 0 aliphatic rings. The van der Waals surface area contributed by atoms with Gasteiger partial charge in [0.15, 0.2) is 0 Å². The zero-order valence-corrected chi connectivity index (χ0v) is 16.0. The highest BCUT2D eigenvalue weighted by molar-refractivity contribution is 6.05. The highest BCUT2D eigenvalue weighted by Crippen LogP contribution is 2.17. The third kappa shape index (κ3) is 5.04. The molecular formula is C23H23N3O2. The largest absolute Gasteiger partial charge is 0.352 e. The molecule has 0 radical (unpaired) electrons. The van der Waals surface area contributed by atoms with Crippen LogP contribution in [0.1, 0.15) is 37.5 Å². The lowest BCUT2D eigenvalue weighted by Gasteiger charge is -2.10. The van der Waals surface area contributed by atoms with Crippen LogP contribution >= 0.6 is 0 Å². The van der Waals surface area contributed by atoms with E-state index < -0.39 is 0 Å². The Hall–Kier alpha value is -3.47. The molecule has 0 aliphatic heterocycles. The molecule has 0 bridgehead atoms. The van der Waals surface area contributed by atoms with Crippen LogP contribution in [0.25, 0.3) is 0 Å². The highest BCUT2D eigenvalue weighted by Gasteiger charge is 2.13. The Bertz CT molecular complexity index is 984. The molecule has 0 saturated heterocycles. The molecular weight excluding hydrogens is 350 g/mol. The van der Waals surface area contributed by atoms with Crippen molar-refractivity contribution in [3.8, 4) is 0 Å². The van der Waals surface area contributed by atoms with Crippen molar-refractivity contribution in [3.63, 3.8) is 0 Å². The number of anilines is 1. The number of hydrogen-bond donors (Lipinski definition) is 2. The van der Waals surface area contributed by atoms with Gasteiger partial charge in [-0.05, 0) is 55.2 Å². The zero-order valence-electron chi connectivity index (χ0n) is 16.0. The maximum Gasteiger partial charge on any atom is 0.274 e. The minimum absolute atomic E-state index is 0.205. The first-order valence-electron chi connectivity index (χ1n) is 9.20. The van der Waals surface area contributed by atoms with E-state index >= 15 is 0 Å². The van der Waals surface area contributed by atoms with Gasteiger partial charge >= 0.3 is 0 Å². The van der Waals surface area contributed by atoms with E-state index in [2.05, 4.69) is 15.6 Å². The topological polar surface area (TPSA) is 71.1 Å². The summed E-state index contributed by atoms with van der Waals surface area (Å²) in [6.07, 6.45) is 2.22. The first kappa shape index (κ1) is 19.3. The number of rotatable bonds is 6. The molecule has 1 heterocycles. The van der Waals surface area contributed by atoms with E-state index in [-0.39, 0.29) is 17.5 Å². The summed E-state index contributed by atoms with van der Waals surface area (Å²) in [7, 11) is 0. The average Bonchev–Trinajstić information content (AvgIpc) is 2.71. The fraction of sp³-hybridized carbons (Fsp3) is 0.174. The summed E-state index contributed by atoms with van der Waals surface area (Å²) in [5, 5.41) is 5.75. The number of carbonyl (C=O) groups excluding carboxylic acids is 2. The minimum atomic E-state index is -0.340. The van der Waals surface area contributed by atoms with E-state index in [4.69, 9.17) is 0 Å². The summed E-state index contributed by atoms with van der Waals surface area (Å²) in [6.45, 7) is 4.42. The molecule has 2 amide bonds. The second-order valence-corrected chi connectivity index (χ2v) is 6.69. The Balaban J connectivity index is 1.63. The molecule has 2 aromatic carbocycles. The first-order chi connectivity index (χ1) is 13.5. The van der Waals surface area contributed by atoms with Gasteiger partial charge in [-0.25, -0.2) is 0 Å². The second-order valence-electron chi connectivity index (χ2n) is 6.69. The number of carbonyl (C=O) groups is 2. The Labute approximate surface area is 164 Å². The van der Waals surface area contributed by atoms with Crippen molar-refractivity contribution in [1.29, 1.82) is 0 Å². The molecule has 0 aliphatic carbocycles. The predicted octanol–water partition coefficient (Wildman–Crippen LogP) is 3.92. The number of nitrogens with one attached hydrogen (secondary N) is 2. The lowest BCUT2D eigenvalue weighted by atomic mass is 10.1. The van der Waals surface area contributed by atoms with Crippen molar-refractivity contribution in [2.45, 2.75) is 20.3 Å². The van der Waals surface area contributed by atoms with Gasteiger partial charge in [0.05, 0.1) is 0 Å². The number of hydrogen-bond acceptors (Lipinski definition) is 3. The molecule has 3 aromatic rings. The van der Waals surface area contributed by atoms with Crippen LogP contribution in [-0.4, -0.2) is 23.3 Å². The summed E-state index contributed by atoms with van der Waals surface area (Å²) in [6, 6.07) is 18.9. The van der Waals surface area contributed by atoms with Gasteiger partial charge in [0.2, 0.25) is 0 Å². The molecule has 0 spiro atoms. The number of nitrogens with zero attached hydrogens (tertiary/aromatic N) is 1. The van der Waals surface area contributed by atoms with E-state index in [0.29, 0.717) is 12.1 Å². The molecule has 5 heteroatoms. The smallest absolute Gasteiger partial charge is 0.274 e. The van der Waals surface area contributed by atoms with E-state index in [0.717, 1.165) is 28.8 Å². The van der Waals surface area contributed by atoms with Crippen molar-refractivity contribution >= 4 is 17.5 Å². The van der Waals surface area contributed by atoms with Gasteiger partial charge in [0, 0.05) is 24.0 Å². The van der Waals surface area contributed by atoms with E-state index in [1.54, 1.807) is 6.07 Å². The Morgan fingerprint density at radius 2 is 1.71 bits per heavy atom. The maximum atomic E-state index is 12.5. The molecule has 3 rings (SSSR count). The molecule has 0 unspecified atom stereocenters. The van der Waals surface area contributed by atoms with Crippen LogP contribution in [-0.2, 0) is 6.42 Å². The van der Waals surface area contributed by atoms with E-state index in [1.165, 1.54) is 12.3 Å². The quantitative estimate of drug-likeness (QED) is 0.688. The first-order valence-corrected chi connectivity index (χ1v) is 9.20. The Kier molecular flexibility index (Phi) is 6.17. The van der Waals surface area contributed by atoms with Crippen LogP contribution < -0.4 is 10.6 Å². The van der Waals surface area contributed by atoms with Gasteiger partial charge < -0.3 is 10.6 Å². The fourth-order valence-electron chi connectivity index (χ4n) is 2.82. The van der Waals surface area contributed by atoms with E-state index in [1.807, 2.05) is 62.4 Å². The van der Waals surface area contributed by atoms with Gasteiger partial charge in [0.1, 0.15) is 5.69 Å². The molecule has 0 fully saturated rings. The minimum Gasteiger partial charge on any atom is -0.352 e. The Morgan fingerprint density at radius 3 is 2.50 bits per heavy atom. The lowest BCUT2D eigenvalue weighted by molar-refractivity contribution is 0.0954. The van der Waals surface area contributed by atoms with Gasteiger partial charge in [-0.1, -0.05) is 42.5 Å². The second kappa shape index (κ2) is 8.95. The maximum absolute atomic E-state index is 12.5. The monoisotopic (exact) mass is 373 g/mol. The third-order valence-corrected chi connectivity index (χ3v) is 4.44. The number of aryl methyl sites for hydroxylation is 2. The summed E-state index contributed by atoms with van der Waals surface area (Å²) < 4.78 is 0. The predicted molar refractivity (Wildman–Crippen MR) is 111 cm³/mol. The van der Waals surface area contributed by atoms with Crippen LogP contribution in [0.2, 0.25) is 0 Å². The van der Waals surface area contributed by atoms with Crippen LogP contribution in [0.5, 0.6) is 0 Å². The molecule has 0 atom stereocenters. The van der Waals surface area contributed by atoms with Crippen molar-refractivity contribution in [2.24, 2.45) is 0 Å². The third-order valence-electron chi connectivity index (χ3n) is 4.44. The van der Waals surface area contributed by atoms with E-state index in [9.17, 15) is 9.59 Å². The fourth-order valence-corrected chi connectivity index (χ4v) is 2.82. The molecule has 142 valence electrons. The molecule has 1 aromatic heterocycles. The van der Waals surface area contributed by atoms with Crippen molar-refractivity contribution < 1.29 is 9.59 Å². The SMILES string of the molecule is Cc1ccc(C)c(NC(=O)c2cc(C(=O)NCCc3ccccc3)ccn2)c1. The van der Waals surface area contributed by atoms with Gasteiger partial charge in [-0.3, -0.25) is 14.6 Å². The van der Waals surface area contributed by atoms with Gasteiger partial charge in [0.25, 0.3) is 11.8 Å². The summed E-state index contributed by atoms with van der Waals surface area (Å²) in [5.74, 6) is -0.563. The van der Waals surface area contributed by atoms with Gasteiger partial charge in [-0.2, -0.15) is 0 Å². The lowest BCUT2D eigenvalue weighted by Crippen LogP contribution is -2.26. The summed E-state index contributed by atoms with van der Waals surface area (Å²) in [4.78, 5) is 29.0. The van der Waals surface area contributed by atoms with Crippen molar-refractivity contribution in [3.05, 3.63) is 94.8 Å². The number of pyridine rings is 1. The molecule has 5 nitrogen and oxygen atoms in total. The molecule has 28 heavy (non-hydrogen) atoms. The van der Waals surface area contributed by atoms with Crippen molar-refractivity contribution in [1.82, 2.24) is 10.3 Å². The number of aromatic nitrogens is 1. The highest BCUT2D eigenvalue weighted by atomic mass is 16.2. The van der Waals surface area contributed by atoms with Crippen LogP contribution in [0.3, 0.4) is 0 Å². The van der Waals surface area contributed by atoms with Gasteiger partial charge in [-0.15, -0.1) is 0 Å². The molecule has 0 saturated carbocycles. The zero-order chi connectivity index (χ0) is 19.9. The van der Waals surface area contributed by atoms with Crippen molar-refractivity contribution in [2.75, 3.05) is 11.9 Å². The molecule has 2 N–H and O–H groups in total. The average molecular weight is 373 g/mol. The Morgan fingerprint density at radius 1 is 0.929 bits per heavy atom.